The molecule has 0 heterocycles. The van der Waals surface area contributed by atoms with Gasteiger partial charge in [0.25, 0.3) is 5.97 Å². The van der Waals surface area contributed by atoms with Crippen molar-refractivity contribution in [2.75, 3.05) is 0 Å². The van der Waals surface area contributed by atoms with Crippen molar-refractivity contribution in [1.29, 1.82) is 0 Å². The standard InChI is InChI=1S/C2H4O2.H2O2S/c1-2(3)4;1-3-2/h1H3,(H,3,4);3H,(H,1,2). The van der Waals surface area contributed by atoms with Gasteiger partial charge in [0, 0.05) is 6.92 Å². The first-order valence-corrected chi connectivity index (χ1v) is 2.08. The van der Waals surface area contributed by atoms with Gasteiger partial charge in [0.1, 0.15) is 11.9 Å². The summed E-state index contributed by atoms with van der Waals surface area (Å²) in [6.45, 7) is 1.08. The summed E-state index contributed by atoms with van der Waals surface area (Å²) in [5.74, 6) is -0.833. The molecule has 0 aromatic rings. The molecule has 44 valence electrons. The maximum atomic E-state index is 9.00. The third kappa shape index (κ3) is 405. The molecule has 0 fully saturated rings. The number of hydrogen-bond donors (Lipinski definition) is 3. The minimum atomic E-state index is -0.833. The van der Waals surface area contributed by atoms with E-state index >= 15 is 0 Å². The first kappa shape index (κ1) is 9.77. The fourth-order valence-corrected chi connectivity index (χ4v) is 0. The van der Waals surface area contributed by atoms with Gasteiger partial charge >= 0.3 is 0 Å². The number of rotatable bonds is 0. The lowest BCUT2D eigenvalue weighted by Gasteiger charge is -1.59. The van der Waals surface area contributed by atoms with Crippen LogP contribution in [0, 0.1) is 0 Å². The van der Waals surface area contributed by atoms with Crippen LogP contribution in [0.4, 0.5) is 0 Å². The van der Waals surface area contributed by atoms with Gasteiger partial charge in [-0.05, 0) is 0 Å². The minimum absolute atomic E-state index is 0.833. The number of carbonyl (C=O) groups is 1. The van der Waals surface area contributed by atoms with Crippen molar-refractivity contribution >= 4 is 17.9 Å². The van der Waals surface area contributed by atoms with Gasteiger partial charge in [-0.3, -0.25) is 4.79 Å². The van der Waals surface area contributed by atoms with Crippen LogP contribution in [0.15, 0.2) is 0 Å². The average molecular weight is 126 g/mol. The van der Waals surface area contributed by atoms with Gasteiger partial charge in [-0.15, -0.1) is 0 Å². The van der Waals surface area contributed by atoms with Gasteiger partial charge in [-0.2, -0.15) is 0 Å². The summed E-state index contributed by atoms with van der Waals surface area (Å²) >= 11 is -0.833. The first-order chi connectivity index (χ1) is 3.15. The SMILES string of the molecule is CC(=O)O.O=[SH]O. The highest BCUT2D eigenvalue weighted by molar-refractivity contribution is 7.59. The summed E-state index contributed by atoms with van der Waals surface area (Å²) in [7, 11) is 0. The van der Waals surface area contributed by atoms with Gasteiger partial charge in [0.2, 0.25) is 0 Å². The van der Waals surface area contributed by atoms with Crippen LogP contribution in [0.3, 0.4) is 0 Å². The van der Waals surface area contributed by atoms with Crippen molar-refractivity contribution in [2.24, 2.45) is 0 Å². The molecular weight excluding hydrogens is 120 g/mol. The second kappa shape index (κ2) is 9.13. The third-order valence-corrected chi connectivity index (χ3v) is 0. The molecule has 0 unspecified atom stereocenters. The molecule has 0 amide bonds. The van der Waals surface area contributed by atoms with Crippen molar-refractivity contribution < 1.29 is 18.7 Å². The van der Waals surface area contributed by atoms with Gasteiger partial charge in [-0.1, -0.05) is 0 Å². The van der Waals surface area contributed by atoms with Crippen molar-refractivity contribution in [3.05, 3.63) is 0 Å². The van der Waals surface area contributed by atoms with E-state index in [1.807, 2.05) is 0 Å². The molecular formula is C2H6O4S. The molecule has 0 spiro atoms. The topological polar surface area (TPSA) is 74.6 Å². The molecule has 0 saturated carbocycles. The Labute approximate surface area is 44.5 Å². The average Bonchev–Trinajstić information content (AvgIpc) is 1.33. The Hall–Kier alpha value is -0.420. The number of hydrogen-bond acceptors (Lipinski definition) is 2. The molecule has 0 rings (SSSR count). The number of thiol groups is 1. The van der Waals surface area contributed by atoms with Crippen LogP contribution in [-0.4, -0.2) is 19.8 Å². The van der Waals surface area contributed by atoms with Crippen LogP contribution >= 0.6 is 0 Å². The summed E-state index contributed by atoms with van der Waals surface area (Å²) in [5.41, 5.74) is 0. The summed E-state index contributed by atoms with van der Waals surface area (Å²) in [6.07, 6.45) is 0. The second-order valence-corrected chi connectivity index (χ2v) is 0.764. The molecule has 0 aromatic heterocycles. The Morgan fingerprint density at radius 3 is 1.71 bits per heavy atom. The van der Waals surface area contributed by atoms with Crippen LogP contribution in [-0.2, 0) is 16.7 Å². The van der Waals surface area contributed by atoms with E-state index in [0.717, 1.165) is 6.92 Å². The molecule has 5 heteroatoms. The molecule has 0 aliphatic heterocycles. The van der Waals surface area contributed by atoms with E-state index in [0.29, 0.717) is 0 Å². The van der Waals surface area contributed by atoms with E-state index in [1.54, 1.807) is 0 Å². The van der Waals surface area contributed by atoms with Crippen molar-refractivity contribution in [1.82, 2.24) is 0 Å². The monoisotopic (exact) mass is 126 g/mol. The van der Waals surface area contributed by atoms with Crippen molar-refractivity contribution in [3.63, 3.8) is 0 Å². The highest BCUT2D eigenvalue weighted by Crippen LogP contribution is 1.42. The lowest BCUT2D eigenvalue weighted by atomic mass is 10.9. The van der Waals surface area contributed by atoms with Gasteiger partial charge in [0.15, 0.2) is 0 Å². The largest absolute Gasteiger partial charge is 0.481 e. The molecule has 0 radical (unpaired) electrons. The molecule has 0 aliphatic rings. The molecule has 7 heavy (non-hydrogen) atoms. The second-order valence-electron chi connectivity index (χ2n) is 0.601. The van der Waals surface area contributed by atoms with Crippen molar-refractivity contribution in [3.8, 4) is 0 Å². The lowest BCUT2D eigenvalue weighted by Crippen LogP contribution is -1.78. The zero-order valence-corrected chi connectivity index (χ0v) is 4.55. The van der Waals surface area contributed by atoms with Crippen molar-refractivity contribution in [2.45, 2.75) is 6.92 Å². The molecule has 0 aliphatic carbocycles. The Kier molecular flexibility index (Phi) is 12.7. The minimum Gasteiger partial charge on any atom is -0.481 e. The van der Waals surface area contributed by atoms with Crippen LogP contribution in [0.25, 0.3) is 0 Å². The Balaban J connectivity index is 0. The van der Waals surface area contributed by atoms with Crippen LogP contribution in [0.5, 0.6) is 0 Å². The summed E-state index contributed by atoms with van der Waals surface area (Å²) in [6, 6.07) is 0. The maximum absolute atomic E-state index is 9.00. The zero-order valence-electron chi connectivity index (χ0n) is 3.66. The number of aliphatic carboxylic acids is 1. The highest BCUT2D eigenvalue weighted by Gasteiger charge is 1.65. The molecule has 0 saturated heterocycles. The van der Waals surface area contributed by atoms with Crippen LogP contribution in [0.2, 0.25) is 0 Å². The normalized spacial score (nSPS) is 6.00. The zero-order chi connectivity index (χ0) is 6.28. The predicted molar refractivity (Wildman–Crippen MR) is 25.5 cm³/mol. The molecule has 0 bridgehead atoms. The van der Waals surface area contributed by atoms with Gasteiger partial charge in [-0.25, -0.2) is 4.21 Å². The first-order valence-electron chi connectivity index (χ1n) is 1.31. The molecule has 2 N–H and O–H groups in total. The van der Waals surface area contributed by atoms with E-state index in [4.69, 9.17) is 18.7 Å². The Morgan fingerprint density at radius 1 is 1.71 bits per heavy atom. The molecule has 0 atom stereocenters. The van der Waals surface area contributed by atoms with Crippen LogP contribution < -0.4 is 0 Å². The van der Waals surface area contributed by atoms with E-state index in [2.05, 4.69) is 0 Å². The van der Waals surface area contributed by atoms with E-state index in [1.165, 1.54) is 0 Å². The maximum Gasteiger partial charge on any atom is 0.300 e. The summed E-state index contributed by atoms with van der Waals surface area (Å²) in [4.78, 5) is 9.00. The third-order valence-electron chi connectivity index (χ3n) is 0. The fraction of sp³-hybridized carbons (Fsp3) is 0.500. The van der Waals surface area contributed by atoms with E-state index in [9.17, 15) is 0 Å². The van der Waals surface area contributed by atoms with E-state index in [-0.39, 0.29) is 0 Å². The van der Waals surface area contributed by atoms with Gasteiger partial charge in [0.05, 0.1) is 0 Å². The smallest absolute Gasteiger partial charge is 0.300 e. The highest BCUT2D eigenvalue weighted by atomic mass is 32.2. The Morgan fingerprint density at radius 2 is 1.71 bits per heavy atom. The van der Waals surface area contributed by atoms with Gasteiger partial charge < -0.3 is 9.66 Å². The lowest BCUT2D eigenvalue weighted by molar-refractivity contribution is -0.134. The fourth-order valence-electron chi connectivity index (χ4n) is 0. The number of carboxylic acids is 1. The van der Waals surface area contributed by atoms with E-state index < -0.39 is 17.9 Å². The summed E-state index contributed by atoms with van der Waals surface area (Å²) in [5, 5.41) is 7.42. The Bertz CT molecular complexity index is 56.7. The molecule has 4 nitrogen and oxygen atoms in total. The predicted octanol–water partition coefficient (Wildman–Crippen LogP) is -0.504. The summed E-state index contributed by atoms with van der Waals surface area (Å²) < 4.78 is 15.4. The van der Waals surface area contributed by atoms with Crippen LogP contribution in [0.1, 0.15) is 6.92 Å². The number of carboxylic acid groups (broad SMARTS) is 1. The molecule has 0 aromatic carbocycles. The quantitative estimate of drug-likeness (QED) is 0.302.